The van der Waals surface area contributed by atoms with Crippen LogP contribution < -0.4 is 14.8 Å². The topological polar surface area (TPSA) is 47.6 Å². The number of hydrogen-bond acceptors (Lipinski definition) is 3. The van der Waals surface area contributed by atoms with Crippen molar-refractivity contribution in [1.29, 1.82) is 0 Å². The number of nitrogens with one attached hydrogen (secondary N) is 1. The van der Waals surface area contributed by atoms with Crippen molar-refractivity contribution >= 4 is 5.91 Å². The van der Waals surface area contributed by atoms with Gasteiger partial charge >= 0.3 is 0 Å². The molecule has 0 saturated heterocycles. The standard InChI is InChI=1S/C21H25NO3/c1-5-24-19-10-16-9-14(3)25-20(16)11-17(19)12-22-21(23)18-8-6-7-13(2)15(18)4/h6-8,10-11,14H,5,9,12H2,1-4H3,(H,22,23)/t14-/m0/s1. The molecule has 0 aromatic heterocycles. The molecule has 2 aromatic carbocycles. The van der Waals surface area contributed by atoms with Crippen LogP contribution in [0.1, 0.15) is 46.5 Å². The van der Waals surface area contributed by atoms with Crippen LogP contribution in [0.3, 0.4) is 0 Å². The molecule has 1 heterocycles. The van der Waals surface area contributed by atoms with Crippen molar-refractivity contribution in [2.45, 2.75) is 46.8 Å². The molecule has 0 bridgehead atoms. The molecule has 132 valence electrons. The molecule has 0 unspecified atom stereocenters. The maximum Gasteiger partial charge on any atom is 0.251 e. The summed E-state index contributed by atoms with van der Waals surface area (Å²) in [6.07, 6.45) is 1.08. The average molecular weight is 339 g/mol. The number of carbonyl (C=O) groups is 1. The third kappa shape index (κ3) is 3.63. The van der Waals surface area contributed by atoms with Gasteiger partial charge in [0.1, 0.15) is 17.6 Å². The lowest BCUT2D eigenvalue weighted by atomic mass is 10.0. The van der Waals surface area contributed by atoms with Crippen molar-refractivity contribution in [3.8, 4) is 11.5 Å². The van der Waals surface area contributed by atoms with Crippen LogP contribution in [0.4, 0.5) is 0 Å². The second-order valence-electron chi connectivity index (χ2n) is 6.56. The molecule has 4 heteroatoms. The summed E-state index contributed by atoms with van der Waals surface area (Å²) in [7, 11) is 0. The van der Waals surface area contributed by atoms with E-state index in [-0.39, 0.29) is 12.0 Å². The van der Waals surface area contributed by atoms with Gasteiger partial charge in [0.25, 0.3) is 5.91 Å². The van der Waals surface area contributed by atoms with E-state index in [1.165, 1.54) is 5.56 Å². The van der Waals surface area contributed by atoms with Crippen molar-refractivity contribution in [2.75, 3.05) is 6.61 Å². The maximum absolute atomic E-state index is 12.6. The van der Waals surface area contributed by atoms with Crippen molar-refractivity contribution < 1.29 is 14.3 Å². The van der Waals surface area contributed by atoms with Gasteiger partial charge in [-0.1, -0.05) is 12.1 Å². The molecule has 1 amide bonds. The van der Waals surface area contributed by atoms with Crippen LogP contribution in [0.25, 0.3) is 0 Å². The van der Waals surface area contributed by atoms with Crippen molar-refractivity contribution in [3.63, 3.8) is 0 Å². The van der Waals surface area contributed by atoms with Crippen LogP contribution in [-0.4, -0.2) is 18.6 Å². The van der Waals surface area contributed by atoms with Gasteiger partial charge in [0.05, 0.1) is 6.61 Å². The largest absolute Gasteiger partial charge is 0.494 e. The van der Waals surface area contributed by atoms with Gasteiger partial charge in [0.2, 0.25) is 0 Å². The summed E-state index contributed by atoms with van der Waals surface area (Å²) >= 11 is 0. The van der Waals surface area contributed by atoms with Crippen LogP contribution in [0.15, 0.2) is 30.3 Å². The van der Waals surface area contributed by atoms with Gasteiger partial charge < -0.3 is 14.8 Å². The third-order valence-electron chi connectivity index (χ3n) is 4.67. The van der Waals surface area contributed by atoms with E-state index in [1.807, 2.05) is 51.1 Å². The zero-order valence-corrected chi connectivity index (χ0v) is 15.3. The van der Waals surface area contributed by atoms with E-state index in [1.54, 1.807) is 0 Å². The molecule has 2 aromatic rings. The van der Waals surface area contributed by atoms with Crippen molar-refractivity contribution in [1.82, 2.24) is 5.32 Å². The van der Waals surface area contributed by atoms with Crippen molar-refractivity contribution in [2.24, 2.45) is 0 Å². The fraction of sp³-hybridized carbons (Fsp3) is 0.381. The van der Waals surface area contributed by atoms with Crippen LogP contribution in [0.5, 0.6) is 11.5 Å². The molecule has 1 aliphatic rings. The fourth-order valence-corrected chi connectivity index (χ4v) is 3.18. The lowest BCUT2D eigenvalue weighted by Gasteiger charge is -2.14. The first-order chi connectivity index (χ1) is 12.0. The van der Waals surface area contributed by atoms with E-state index in [0.717, 1.165) is 34.6 Å². The Hall–Kier alpha value is -2.49. The molecule has 1 aliphatic heterocycles. The van der Waals surface area contributed by atoms with E-state index in [2.05, 4.69) is 12.2 Å². The van der Waals surface area contributed by atoms with Gasteiger partial charge in [-0.15, -0.1) is 0 Å². The highest BCUT2D eigenvalue weighted by molar-refractivity contribution is 5.95. The Morgan fingerprint density at radius 1 is 1.32 bits per heavy atom. The minimum atomic E-state index is -0.0709. The number of amides is 1. The van der Waals surface area contributed by atoms with E-state index >= 15 is 0 Å². The molecule has 0 saturated carbocycles. The van der Waals surface area contributed by atoms with Crippen molar-refractivity contribution in [3.05, 3.63) is 58.1 Å². The normalized spacial score (nSPS) is 15.4. The van der Waals surface area contributed by atoms with E-state index in [0.29, 0.717) is 18.7 Å². The maximum atomic E-state index is 12.6. The summed E-state index contributed by atoms with van der Waals surface area (Å²) < 4.78 is 11.6. The number of carbonyl (C=O) groups excluding carboxylic acids is 1. The SMILES string of the molecule is CCOc1cc2c(cc1CNC(=O)c1cccc(C)c1C)O[C@@H](C)C2. The highest BCUT2D eigenvalue weighted by atomic mass is 16.5. The summed E-state index contributed by atoms with van der Waals surface area (Å²) in [4.78, 5) is 12.6. The number of benzene rings is 2. The quantitative estimate of drug-likeness (QED) is 0.897. The predicted molar refractivity (Wildman–Crippen MR) is 98.5 cm³/mol. The molecule has 0 fully saturated rings. The van der Waals surface area contributed by atoms with Gasteiger partial charge in [0, 0.05) is 29.7 Å². The second kappa shape index (κ2) is 7.18. The molecular weight excluding hydrogens is 314 g/mol. The minimum absolute atomic E-state index is 0.0709. The Balaban J connectivity index is 1.79. The fourth-order valence-electron chi connectivity index (χ4n) is 3.18. The molecule has 1 atom stereocenters. The zero-order valence-electron chi connectivity index (χ0n) is 15.3. The predicted octanol–water partition coefficient (Wildman–Crippen LogP) is 3.96. The first kappa shape index (κ1) is 17.3. The summed E-state index contributed by atoms with van der Waals surface area (Å²) in [6, 6.07) is 9.81. The number of rotatable bonds is 5. The molecule has 0 radical (unpaired) electrons. The van der Waals surface area contributed by atoms with E-state index in [4.69, 9.17) is 9.47 Å². The Bertz CT molecular complexity index is 798. The minimum Gasteiger partial charge on any atom is -0.494 e. The summed E-state index contributed by atoms with van der Waals surface area (Å²) in [5.41, 5.74) is 4.94. The average Bonchev–Trinajstić information content (AvgIpc) is 2.94. The molecule has 1 N–H and O–H groups in total. The van der Waals surface area contributed by atoms with Crippen LogP contribution in [0, 0.1) is 13.8 Å². The van der Waals surface area contributed by atoms with Gasteiger partial charge in [0.15, 0.2) is 0 Å². The molecule has 4 nitrogen and oxygen atoms in total. The molecule has 3 rings (SSSR count). The Morgan fingerprint density at radius 2 is 2.12 bits per heavy atom. The smallest absolute Gasteiger partial charge is 0.251 e. The van der Waals surface area contributed by atoms with E-state index in [9.17, 15) is 4.79 Å². The molecular formula is C21H25NO3. The van der Waals surface area contributed by atoms with E-state index < -0.39 is 0 Å². The lowest BCUT2D eigenvalue weighted by Crippen LogP contribution is -2.24. The summed E-state index contributed by atoms with van der Waals surface area (Å²) in [5, 5.41) is 3.01. The Kier molecular flexibility index (Phi) is 4.98. The lowest BCUT2D eigenvalue weighted by molar-refractivity contribution is 0.0950. The van der Waals surface area contributed by atoms with Crippen LogP contribution in [0.2, 0.25) is 0 Å². The summed E-state index contributed by atoms with van der Waals surface area (Å²) in [6.45, 7) is 9.01. The molecule has 0 spiro atoms. The monoisotopic (exact) mass is 339 g/mol. The Labute approximate surface area is 149 Å². The summed E-state index contributed by atoms with van der Waals surface area (Å²) in [5.74, 6) is 1.64. The zero-order chi connectivity index (χ0) is 18.0. The number of aryl methyl sites for hydroxylation is 1. The highest BCUT2D eigenvalue weighted by Gasteiger charge is 2.22. The number of fused-ring (bicyclic) bond motifs is 1. The first-order valence-electron chi connectivity index (χ1n) is 8.79. The Morgan fingerprint density at radius 3 is 2.88 bits per heavy atom. The second-order valence-corrected chi connectivity index (χ2v) is 6.56. The number of ether oxygens (including phenoxy) is 2. The molecule has 25 heavy (non-hydrogen) atoms. The van der Waals surface area contributed by atoms with Gasteiger partial charge in [-0.05, 0) is 57.0 Å². The number of hydrogen-bond donors (Lipinski definition) is 1. The van der Waals surface area contributed by atoms with Gasteiger partial charge in [-0.3, -0.25) is 4.79 Å². The van der Waals surface area contributed by atoms with Gasteiger partial charge in [-0.2, -0.15) is 0 Å². The highest BCUT2D eigenvalue weighted by Crippen LogP contribution is 2.35. The molecule has 0 aliphatic carbocycles. The van der Waals surface area contributed by atoms with Crippen LogP contribution >= 0.6 is 0 Å². The third-order valence-corrected chi connectivity index (χ3v) is 4.67. The van der Waals surface area contributed by atoms with Gasteiger partial charge in [-0.25, -0.2) is 0 Å². The first-order valence-corrected chi connectivity index (χ1v) is 8.79. The van der Waals surface area contributed by atoms with Crippen LogP contribution in [-0.2, 0) is 13.0 Å².